The molecule has 0 fully saturated rings. The maximum Gasteiger partial charge on any atom is 1.00 e. The number of carbonyl (C=O) groups is 1. The molecule has 0 spiro atoms. The van der Waals surface area contributed by atoms with E-state index in [0.717, 1.165) is 0 Å². The molecule has 0 aromatic rings. The highest BCUT2D eigenvalue weighted by molar-refractivity contribution is 7.37. The van der Waals surface area contributed by atoms with E-state index in [-0.39, 0.29) is 19.6 Å². The molecule has 0 aromatic carbocycles. The van der Waals surface area contributed by atoms with Crippen molar-refractivity contribution in [2.24, 2.45) is 0 Å². The quantitative estimate of drug-likeness (QED) is 0.393. The van der Waals surface area contributed by atoms with Gasteiger partial charge in [-0.15, -0.1) is 0 Å². The Balaban J connectivity index is -0.0000000450. The highest BCUT2D eigenvalue weighted by Gasteiger charge is 1.51. The minimum atomic E-state index is -2.08. The van der Waals surface area contributed by atoms with Gasteiger partial charge in [-0.05, 0) is 0 Å². The van der Waals surface area contributed by atoms with Crippen molar-refractivity contribution in [3.63, 3.8) is 0 Å². The smallest absolute Gasteiger partial charge is 0.565 e. The van der Waals surface area contributed by atoms with Gasteiger partial charge in [-0.2, -0.15) is 0 Å². The van der Waals surface area contributed by atoms with Crippen molar-refractivity contribution in [3.05, 3.63) is 0 Å². The second-order valence-electron chi connectivity index (χ2n) is 0.266. The molecule has 4 nitrogen and oxygen atoms in total. The van der Waals surface area contributed by atoms with Gasteiger partial charge in [-0.1, -0.05) is 0 Å². The van der Waals surface area contributed by atoms with E-state index in [2.05, 4.69) is 0 Å². The SMILES string of the molecule is N.O=C([O-])O.[S+]. The van der Waals surface area contributed by atoms with Crippen molar-refractivity contribution < 1.29 is 15.0 Å². The van der Waals surface area contributed by atoms with Crippen LogP contribution < -0.4 is 11.3 Å². The van der Waals surface area contributed by atoms with Crippen molar-refractivity contribution in [2.45, 2.75) is 0 Å². The minimum absolute atomic E-state index is 0. The molecule has 0 rings (SSSR count). The summed E-state index contributed by atoms with van der Waals surface area (Å²) in [6.45, 7) is 0. The molecule has 0 amide bonds. The number of rotatable bonds is 0. The largest absolute Gasteiger partial charge is 1.00 e. The molecular weight excluding hydrogens is 106 g/mol. The molecule has 3 radical (unpaired) electrons. The lowest BCUT2D eigenvalue weighted by Crippen LogP contribution is -2.17. The van der Waals surface area contributed by atoms with Gasteiger partial charge in [-0.3, -0.25) is 0 Å². The second kappa shape index (κ2) is 8.82. The van der Waals surface area contributed by atoms with E-state index in [1.165, 1.54) is 0 Å². The zero-order valence-corrected chi connectivity index (χ0v) is 3.70. The van der Waals surface area contributed by atoms with Gasteiger partial charge in [0.25, 0.3) is 0 Å². The van der Waals surface area contributed by atoms with E-state index in [1.54, 1.807) is 0 Å². The normalized spacial score (nSPS) is 4.00. The summed E-state index contributed by atoms with van der Waals surface area (Å²) < 4.78 is 0. The van der Waals surface area contributed by atoms with Crippen LogP contribution in [0.5, 0.6) is 0 Å². The molecule has 0 bridgehead atoms. The van der Waals surface area contributed by atoms with Gasteiger partial charge in [0.2, 0.25) is 6.16 Å². The third-order valence-corrected chi connectivity index (χ3v) is 0. The Kier molecular flexibility index (Phi) is 25.8. The molecule has 0 heterocycles. The molecular formula is CH4NO3S. The average Bonchev–Trinajstić information content (AvgIpc) is 0.811. The summed E-state index contributed by atoms with van der Waals surface area (Å²) in [5.74, 6) is 0. The molecule has 0 aromatic heterocycles. The van der Waals surface area contributed by atoms with Gasteiger partial charge in [-0.25, -0.2) is 0 Å². The predicted molar refractivity (Wildman–Crippen MR) is 20.4 cm³/mol. The van der Waals surface area contributed by atoms with Gasteiger partial charge < -0.3 is 21.2 Å². The Morgan fingerprint density at radius 3 is 1.67 bits per heavy atom. The van der Waals surface area contributed by atoms with Gasteiger partial charge in [0.05, 0.1) is 0 Å². The first-order chi connectivity index (χ1) is 1.73. The zero-order valence-electron chi connectivity index (χ0n) is 2.88. The van der Waals surface area contributed by atoms with Crippen molar-refractivity contribution in [3.8, 4) is 0 Å². The van der Waals surface area contributed by atoms with Gasteiger partial charge in [0.1, 0.15) is 0 Å². The van der Waals surface area contributed by atoms with Crippen LogP contribution in [0, 0.1) is 0 Å². The maximum absolute atomic E-state index is 8.44. The van der Waals surface area contributed by atoms with Crippen LogP contribution in [0.25, 0.3) is 0 Å². The predicted octanol–water partition coefficient (Wildman–Crippen LogP) is -0.953. The monoisotopic (exact) mass is 110 g/mol. The van der Waals surface area contributed by atoms with Crippen LogP contribution in [0.3, 0.4) is 0 Å². The van der Waals surface area contributed by atoms with E-state index < -0.39 is 6.16 Å². The molecule has 0 aliphatic carbocycles. The summed E-state index contributed by atoms with van der Waals surface area (Å²) in [5, 5.41) is 15.3. The number of hydrogen-bond donors (Lipinski definition) is 2. The lowest BCUT2D eigenvalue weighted by atomic mass is 11.5. The molecule has 37 valence electrons. The van der Waals surface area contributed by atoms with Gasteiger partial charge >= 0.3 is 13.5 Å². The third kappa shape index (κ3) is 135. The summed E-state index contributed by atoms with van der Waals surface area (Å²) in [5.41, 5.74) is 0. The average molecular weight is 110 g/mol. The second-order valence-corrected chi connectivity index (χ2v) is 0.266. The Hall–Kier alpha value is -0.420. The molecule has 0 saturated heterocycles. The Morgan fingerprint density at radius 1 is 1.67 bits per heavy atom. The lowest BCUT2D eigenvalue weighted by Gasteiger charge is -1.74. The molecule has 4 N–H and O–H groups in total. The first-order valence-corrected chi connectivity index (χ1v) is 0.632. The zero-order chi connectivity index (χ0) is 3.58. The fraction of sp³-hybridized carbons (Fsp3) is 0. The molecule has 0 saturated carbocycles. The van der Waals surface area contributed by atoms with Crippen LogP contribution >= 0.6 is 0 Å². The molecule has 0 atom stereocenters. The van der Waals surface area contributed by atoms with Crippen LogP contribution in [0.1, 0.15) is 0 Å². The van der Waals surface area contributed by atoms with E-state index in [1.807, 2.05) is 0 Å². The molecule has 5 heteroatoms. The standard InChI is InChI=1S/CH2O3.H3N.S/c2-1(3)4;;/h(H2,2,3,4);1H3;/q;;+1/p-1. The molecule has 0 aliphatic heterocycles. The van der Waals surface area contributed by atoms with Crippen molar-refractivity contribution in [2.75, 3.05) is 0 Å². The minimum Gasteiger partial charge on any atom is -0.565 e. The number of hydrogen-bond acceptors (Lipinski definition) is 3. The van der Waals surface area contributed by atoms with E-state index >= 15 is 0 Å². The highest BCUT2D eigenvalue weighted by atomic mass is 32.1. The van der Waals surface area contributed by atoms with Crippen LogP contribution in [0.4, 0.5) is 4.79 Å². The van der Waals surface area contributed by atoms with Crippen LogP contribution in [0.2, 0.25) is 0 Å². The Morgan fingerprint density at radius 2 is 1.67 bits per heavy atom. The fourth-order valence-corrected chi connectivity index (χ4v) is 0. The Bertz CT molecular complexity index is 33.8. The maximum atomic E-state index is 8.44. The summed E-state index contributed by atoms with van der Waals surface area (Å²) in [6.07, 6.45) is -2.08. The molecule has 0 unspecified atom stereocenters. The van der Waals surface area contributed by atoms with Gasteiger partial charge in [0, 0.05) is 0 Å². The first kappa shape index (κ1) is 17.6. The van der Waals surface area contributed by atoms with Crippen molar-refractivity contribution in [1.82, 2.24) is 6.15 Å². The van der Waals surface area contributed by atoms with Crippen LogP contribution in [-0.2, 0) is 13.5 Å². The Labute approximate surface area is 41.8 Å². The van der Waals surface area contributed by atoms with E-state index in [4.69, 9.17) is 15.0 Å². The van der Waals surface area contributed by atoms with Gasteiger partial charge in [0.15, 0.2) is 0 Å². The topological polar surface area (TPSA) is 95.4 Å². The fourth-order valence-electron chi connectivity index (χ4n) is 0. The first-order valence-electron chi connectivity index (χ1n) is 0.632. The van der Waals surface area contributed by atoms with Crippen LogP contribution in [0.15, 0.2) is 0 Å². The third-order valence-electron chi connectivity index (χ3n) is 0. The van der Waals surface area contributed by atoms with Crippen molar-refractivity contribution >= 4 is 19.7 Å². The van der Waals surface area contributed by atoms with Crippen molar-refractivity contribution in [1.29, 1.82) is 0 Å². The molecule has 6 heavy (non-hydrogen) atoms. The summed E-state index contributed by atoms with van der Waals surface area (Å²) in [6, 6.07) is 0. The lowest BCUT2D eigenvalue weighted by molar-refractivity contribution is -0.275. The van der Waals surface area contributed by atoms with Crippen LogP contribution in [-0.4, -0.2) is 11.3 Å². The highest BCUT2D eigenvalue weighted by Crippen LogP contribution is 1.32. The number of carboxylic acid groups (broad SMARTS) is 2. The van der Waals surface area contributed by atoms with E-state index in [9.17, 15) is 0 Å². The molecule has 0 aliphatic rings. The summed E-state index contributed by atoms with van der Waals surface area (Å²) >= 11 is 0. The summed E-state index contributed by atoms with van der Waals surface area (Å²) in [7, 11) is 0. The summed E-state index contributed by atoms with van der Waals surface area (Å²) in [4.78, 5) is 8.44. The van der Waals surface area contributed by atoms with E-state index in [0.29, 0.717) is 0 Å².